The van der Waals surface area contributed by atoms with Crippen molar-refractivity contribution in [3.63, 3.8) is 0 Å². The molecule has 0 saturated carbocycles. The summed E-state index contributed by atoms with van der Waals surface area (Å²) in [5, 5.41) is 12.3. The number of epoxide rings is 1. The van der Waals surface area contributed by atoms with E-state index in [1.165, 1.54) is 5.57 Å². The summed E-state index contributed by atoms with van der Waals surface area (Å²) in [6, 6.07) is 8.31. The zero-order valence-electron chi connectivity index (χ0n) is 25.3. The standard InChI is InChI=1S/C33H43N3O7/c1-33(22-43-33)31(39)26(17-23-5-3-4-6-23)20-30(38)29(18-24-7-9-28(41-2)10-8-24)35-32(40)25(11-12-34)19-27(37)21-36-13-15-42-16-14-36/h5,7-10,25-26,29H,3-4,6,11,13-22H2,1-2H3,(H,35,40)/t25-,26-,29+,33-/m1/s1. The van der Waals surface area contributed by atoms with Crippen LogP contribution in [0, 0.1) is 23.2 Å². The molecule has 1 aliphatic carbocycles. The maximum Gasteiger partial charge on any atom is 0.225 e. The summed E-state index contributed by atoms with van der Waals surface area (Å²) in [6.07, 6.45) is 5.51. The predicted octanol–water partition coefficient (Wildman–Crippen LogP) is 2.98. The molecule has 0 radical (unpaired) electrons. The number of benzene rings is 1. The van der Waals surface area contributed by atoms with Gasteiger partial charge in [0.15, 0.2) is 11.6 Å². The minimum Gasteiger partial charge on any atom is -0.497 e. The number of hydrogen-bond donors (Lipinski definition) is 1. The summed E-state index contributed by atoms with van der Waals surface area (Å²) in [4.78, 5) is 55.7. The van der Waals surface area contributed by atoms with E-state index in [1.54, 1.807) is 26.2 Å². The molecule has 0 bridgehead atoms. The van der Waals surface area contributed by atoms with Gasteiger partial charge in [-0.2, -0.15) is 5.26 Å². The van der Waals surface area contributed by atoms with Crippen LogP contribution in [0.25, 0.3) is 0 Å². The third-order valence-corrected chi connectivity index (χ3v) is 8.55. The van der Waals surface area contributed by atoms with Gasteiger partial charge in [-0.1, -0.05) is 23.8 Å². The first-order valence-electron chi connectivity index (χ1n) is 15.2. The molecule has 0 aromatic heterocycles. The molecule has 1 amide bonds. The van der Waals surface area contributed by atoms with Crippen LogP contribution in [0.1, 0.15) is 57.4 Å². The molecular formula is C33H43N3O7. The Hall–Kier alpha value is -3.39. The second kappa shape index (κ2) is 15.4. The van der Waals surface area contributed by atoms with E-state index in [-0.39, 0.29) is 49.6 Å². The van der Waals surface area contributed by atoms with Crippen LogP contribution in [-0.2, 0) is 35.1 Å². The van der Waals surface area contributed by atoms with Crippen LogP contribution >= 0.6 is 0 Å². The van der Waals surface area contributed by atoms with Crippen LogP contribution in [0.3, 0.4) is 0 Å². The van der Waals surface area contributed by atoms with Crippen LogP contribution in [0.2, 0.25) is 0 Å². The van der Waals surface area contributed by atoms with Crippen molar-refractivity contribution in [2.45, 2.75) is 69.9 Å². The lowest BCUT2D eigenvalue weighted by molar-refractivity contribution is -0.134. The van der Waals surface area contributed by atoms with Crippen LogP contribution in [-0.4, -0.2) is 86.4 Å². The zero-order chi connectivity index (χ0) is 30.8. The number of nitriles is 1. The first-order valence-corrected chi connectivity index (χ1v) is 15.2. The van der Waals surface area contributed by atoms with E-state index in [0.717, 1.165) is 24.8 Å². The zero-order valence-corrected chi connectivity index (χ0v) is 25.3. The lowest BCUT2D eigenvalue weighted by Crippen LogP contribution is -2.47. The number of carbonyl (C=O) groups excluding carboxylic acids is 4. The second-order valence-electron chi connectivity index (χ2n) is 12.0. The fourth-order valence-electron chi connectivity index (χ4n) is 5.81. The van der Waals surface area contributed by atoms with Gasteiger partial charge in [-0.05, 0) is 56.7 Å². The van der Waals surface area contributed by atoms with Crippen LogP contribution in [0.15, 0.2) is 35.9 Å². The molecule has 2 fully saturated rings. The summed E-state index contributed by atoms with van der Waals surface area (Å²) in [7, 11) is 1.57. The molecule has 2 aliphatic heterocycles. The van der Waals surface area contributed by atoms with Gasteiger partial charge in [0.05, 0.1) is 51.5 Å². The topological polar surface area (TPSA) is 138 Å². The van der Waals surface area contributed by atoms with Crippen molar-refractivity contribution >= 4 is 23.3 Å². The Morgan fingerprint density at radius 1 is 1.09 bits per heavy atom. The van der Waals surface area contributed by atoms with Gasteiger partial charge in [0.25, 0.3) is 0 Å². The van der Waals surface area contributed by atoms with Gasteiger partial charge in [0.2, 0.25) is 5.91 Å². The molecule has 1 aromatic rings. The molecule has 0 unspecified atom stereocenters. The van der Waals surface area contributed by atoms with Crippen molar-refractivity contribution in [3.05, 3.63) is 41.5 Å². The Bertz CT molecular complexity index is 1230. The summed E-state index contributed by atoms with van der Waals surface area (Å²) < 4.78 is 16.0. The summed E-state index contributed by atoms with van der Waals surface area (Å²) in [5.41, 5.74) is 1.12. The Labute approximate surface area is 253 Å². The largest absolute Gasteiger partial charge is 0.497 e. The summed E-state index contributed by atoms with van der Waals surface area (Å²) >= 11 is 0. The smallest absolute Gasteiger partial charge is 0.225 e. The lowest BCUT2D eigenvalue weighted by atomic mass is 9.83. The number of Topliss-reactive ketones (excluding diaryl/α,β-unsaturated/α-hetero) is 3. The summed E-state index contributed by atoms with van der Waals surface area (Å²) in [5.74, 6) is -1.77. The maximum absolute atomic E-state index is 13.9. The Morgan fingerprint density at radius 3 is 2.42 bits per heavy atom. The van der Waals surface area contributed by atoms with Crippen molar-refractivity contribution in [2.75, 3.05) is 46.6 Å². The van der Waals surface area contributed by atoms with E-state index in [2.05, 4.69) is 11.4 Å². The molecule has 2 heterocycles. The van der Waals surface area contributed by atoms with Gasteiger partial charge < -0.3 is 19.5 Å². The molecule has 232 valence electrons. The first-order chi connectivity index (χ1) is 20.7. The van der Waals surface area contributed by atoms with E-state index in [1.807, 2.05) is 23.1 Å². The monoisotopic (exact) mass is 593 g/mol. The number of hydrogen-bond acceptors (Lipinski definition) is 9. The van der Waals surface area contributed by atoms with Crippen molar-refractivity contribution in [2.24, 2.45) is 11.8 Å². The molecule has 1 N–H and O–H groups in total. The third kappa shape index (κ3) is 9.55. The van der Waals surface area contributed by atoms with E-state index < -0.39 is 29.4 Å². The van der Waals surface area contributed by atoms with Gasteiger partial charge in [0, 0.05) is 38.3 Å². The number of rotatable bonds is 17. The minimum atomic E-state index is -0.933. The Kier molecular flexibility index (Phi) is 11.6. The molecule has 10 nitrogen and oxygen atoms in total. The van der Waals surface area contributed by atoms with Gasteiger partial charge >= 0.3 is 0 Å². The highest BCUT2D eigenvalue weighted by molar-refractivity contribution is 5.97. The molecule has 1 aromatic carbocycles. The van der Waals surface area contributed by atoms with Crippen molar-refractivity contribution in [1.82, 2.24) is 10.2 Å². The number of nitrogens with one attached hydrogen (secondary N) is 1. The number of morpholine rings is 1. The Morgan fingerprint density at radius 2 is 1.81 bits per heavy atom. The molecule has 10 heteroatoms. The van der Waals surface area contributed by atoms with Crippen molar-refractivity contribution < 1.29 is 33.4 Å². The molecule has 4 rings (SSSR count). The molecule has 43 heavy (non-hydrogen) atoms. The van der Waals surface area contributed by atoms with Gasteiger partial charge in [0.1, 0.15) is 17.1 Å². The van der Waals surface area contributed by atoms with E-state index in [4.69, 9.17) is 14.2 Å². The molecule has 2 saturated heterocycles. The summed E-state index contributed by atoms with van der Waals surface area (Å²) in [6.45, 7) is 4.67. The average molecular weight is 594 g/mol. The molecule has 0 spiro atoms. The number of amides is 1. The first kappa shape index (κ1) is 32.5. The third-order valence-electron chi connectivity index (χ3n) is 8.55. The normalized spacial score (nSPS) is 22.0. The van der Waals surface area contributed by atoms with Crippen molar-refractivity contribution in [3.8, 4) is 11.8 Å². The Balaban J connectivity index is 1.49. The number of methoxy groups -OCH3 is 1. The lowest BCUT2D eigenvalue weighted by Gasteiger charge is -2.27. The van der Waals surface area contributed by atoms with Crippen LogP contribution in [0.4, 0.5) is 0 Å². The number of ether oxygens (including phenoxy) is 3. The fraction of sp³-hybridized carbons (Fsp3) is 0.606. The minimum absolute atomic E-state index is 0.0326. The van der Waals surface area contributed by atoms with E-state index in [9.17, 15) is 24.4 Å². The average Bonchev–Trinajstić information content (AvgIpc) is 3.54. The van der Waals surface area contributed by atoms with Crippen molar-refractivity contribution in [1.29, 1.82) is 5.26 Å². The highest BCUT2D eigenvalue weighted by Crippen LogP contribution is 2.35. The molecule has 3 aliphatic rings. The highest BCUT2D eigenvalue weighted by atomic mass is 16.6. The molecule has 4 atom stereocenters. The quantitative estimate of drug-likeness (QED) is 0.213. The van der Waals surface area contributed by atoms with E-state index in [0.29, 0.717) is 45.1 Å². The maximum atomic E-state index is 13.9. The van der Waals surface area contributed by atoms with Crippen LogP contribution < -0.4 is 10.1 Å². The number of nitrogens with zero attached hydrogens (tertiary/aromatic N) is 2. The number of carbonyl (C=O) groups is 4. The van der Waals surface area contributed by atoms with Gasteiger partial charge in [-0.25, -0.2) is 0 Å². The molecular weight excluding hydrogens is 550 g/mol. The van der Waals surface area contributed by atoms with Gasteiger partial charge in [-0.15, -0.1) is 0 Å². The number of allylic oxidation sites excluding steroid dienone is 2. The SMILES string of the molecule is COc1ccc(C[C@H](NC(=O)[C@H](CC#N)CC(=O)CN2CCOCC2)C(=O)C[C@@H](CC2=CCCC2)C(=O)[C@@]2(C)CO2)cc1. The highest BCUT2D eigenvalue weighted by Gasteiger charge is 2.50. The second-order valence-corrected chi connectivity index (χ2v) is 12.0. The predicted molar refractivity (Wildman–Crippen MR) is 158 cm³/mol. The van der Waals surface area contributed by atoms with E-state index >= 15 is 0 Å². The van der Waals surface area contributed by atoms with Gasteiger partial charge in [-0.3, -0.25) is 24.1 Å². The number of ketones is 3. The fourth-order valence-corrected chi connectivity index (χ4v) is 5.81. The van der Waals surface area contributed by atoms with Crippen LogP contribution in [0.5, 0.6) is 5.75 Å².